The Morgan fingerprint density at radius 3 is 2.89 bits per heavy atom. The lowest BCUT2D eigenvalue weighted by molar-refractivity contribution is 0.272. The van der Waals surface area contributed by atoms with Crippen molar-refractivity contribution in [2.75, 3.05) is 13.1 Å². The van der Waals surface area contributed by atoms with E-state index in [2.05, 4.69) is 30.1 Å². The van der Waals surface area contributed by atoms with Gasteiger partial charge in [0.05, 0.1) is 12.8 Å². The van der Waals surface area contributed by atoms with Gasteiger partial charge in [-0.1, -0.05) is 20.3 Å². The molecule has 0 amide bonds. The number of furan rings is 1. The first-order chi connectivity index (χ1) is 8.83. The van der Waals surface area contributed by atoms with Crippen LogP contribution in [0.4, 0.5) is 0 Å². The van der Waals surface area contributed by atoms with Gasteiger partial charge in [-0.15, -0.1) is 0 Å². The lowest BCUT2D eigenvalue weighted by Crippen LogP contribution is -2.25. The van der Waals surface area contributed by atoms with E-state index >= 15 is 0 Å². The molecule has 3 nitrogen and oxygen atoms in total. The van der Waals surface area contributed by atoms with E-state index in [1.807, 2.05) is 6.26 Å². The zero-order valence-electron chi connectivity index (χ0n) is 11.7. The maximum Gasteiger partial charge on any atom is 0.122 e. The van der Waals surface area contributed by atoms with Crippen LogP contribution in [0.15, 0.2) is 16.7 Å². The third kappa shape index (κ3) is 4.14. The molecule has 0 spiro atoms. The molecule has 0 bridgehead atoms. The zero-order chi connectivity index (χ0) is 12.8. The van der Waals surface area contributed by atoms with E-state index in [0.29, 0.717) is 0 Å². The maximum atomic E-state index is 5.60. The Balaban J connectivity index is 1.84. The molecular formula is C15H26N2O. The molecule has 0 unspecified atom stereocenters. The van der Waals surface area contributed by atoms with E-state index in [0.717, 1.165) is 31.4 Å². The van der Waals surface area contributed by atoms with Crippen LogP contribution in [0.3, 0.4) is 0 Å². The number of hydrogen-bond acceptors (Lipinski definition) is 3. The fraction of sp³-hybridized carbons (Fsp3) is 0.733. The molecule has 1 aromatic heterocycles. The van der Waals surface area contributed by atoms with Crippen molar-refractivity contribution in [1.82, 2.24) is 10.2 Å². The van der Waals surface area contributed by atoms with E-state index in [-0.39, 0.29) is 0 Å². The first kappa shape index (κ1) is 13.6. The molecule has 0 radical (unpaired) electrons. The maximum absolute atomic E-state index is 5.60. The highest BCUT2D eigenvalue weighted by Crippen LogP contribution is 2.20. The smallest absolute Gasteiger partial charge is 0.122 e. The Morgan fingerprint density at radius 1 is 1.39 bits per heavy atom. The third-order valence-corrected chi connectivity index (χ3v) is 3.64. The van der Waals surface area contributed by atoms with E-state index in [1.54, 1.807) is 0 Å². The molecule has 18 heavy (non-hydrogen) atoms. The van der Waals surface area contributed by atoms with Crippen molar-refractivity contribution < 1.29 is 4.42 Å². The standard InChI is InChI=1S/C15H26N2O/c1-3-5-9-17(4-2)12-13-8-10-18-15(13)11-16-14-6-7-14/h8,10,14,16H,3-7,9,11-12H2,1-2H3. The third-order valence-electron chi connectivity index (χ3n) is 3.64. The minimum absolute atomic E-state index is 0.741. The second-order valence-corrected chi connectivity index (χ2v) is 5.25. The minimum atomic E-state index is 0.741. The van der Waals surface area contributed by atoms with Crippen molar-refractivity contribution in [3.05, 3.63) is 23.7 Å². The van der Waals surface area contributed by atoms with Gasteiger partial charge in [0, 0.05) is 18.2 Å². The van der Waals surface area contributed by atoms with Gasteiger partial charge >= 0.3 is 0 Å². The number of rotatable bonds is 9. The van der Waals surface area contributed by atoms with Crippen molar-refractivity contribution in [3.8, 4) is 0 Å². The van der Waals surface area contributed by atoms with Crippen LogP contribution in [-0.4, -0.2) is 24.0 Å². The summed E-state index contributed by atoms with van der Waals surface area (Å²) in [4.78, 5) is 2.50. The topological polar surface area (TPSA) is 28.4 Å². The molecule has 2 rings (SSSR count). The number of nitrogens with zero attached hydrogens (tertiary/aromatic N) is 1. The van der Waals surface area contributed by atoms with Crippen molar-refractivity contribution in [3.63, 3.8) is 0 Å². The van der Waals surface area contributed by atoms with E-state index in [9.17, 15) is 0 Å². The van der Waals surface area contributed by atoms with Crippen LogP contribution in [0.25, 0.3) is 0 Å². The van der Waals surface area contributed by atoms with Crippen LogP contribution in [0.2, 0.25) is 0 Å². The number of unbranched alkanes of at least 4 members (excludes halogenated alkanes) is 1. The Kier molecular flexibility index (Phi) is 5.26. The van der Waals surface area contributed by atoms with Gasteiger partial charge in [0.15, 0.2) is 0 Å². The normalized spacial score (nSPS) is 15.5. The highest BCUT2D eigenvalue weighted by molar-refractivity contribution is 5.17. The molecule has 0 aliphatic heterocycles. The van der Waals surface area contributed by atoms with E-state index in [1.165, 1.54) is 37.8 Å². The molecule has 0 atom stereocenters. The summed E-state index contributed by atoms with van der Waals surface area (Å²) in [6, 6.07) is 2.86. The van der Waals surface area contributed by atoms with Gasteiger partial charge in [-0.2, -0.15) is 0 Å². The molecule has 1 heterocycles. The average Bonchev–Trinajstić information content (AvgIpc) is 3.12. The van der Waals surface area contributed by atoms with Crippen molar-refractivity contribution >= 4 is 0 Å². The molecule has 0 aromatic carbocycles. The second kappa shape index (κ2) is 6.95. The summed E-state index contributed by atoms with van der Waals surface area (Å²) in [6.45, 7) is 8.69. The van der Waals surface area contributed by atoms with Gasteiger partial charge in [0.2, 0.25) is 0 Å². The molecule has 1 saturated carbocycles. The second-order valence-electron chi connectivity index (χ2n) is 5.25. The monoisotopic (exact) mass is 250 g/mol. The molecule has 102 valence electrons. The summed E-state index contributed by atoms with van der Waals surface area (Å²) in [6.07, 6.45) is 7.02. The summed E-state index contributed by atoms with van der Waals surface area (Å²) >= 11 is 0. The van der Waals surface area contributed by atoms with Gasteiger partial charge in [-0.25, -0.2) is 0 Å². The molecule has 0 saturated heterocycles. The lowest BCUT2D eigenvalue weighted by atomic mass is 10.2. The van der Waals surface area contributed by atoms with Crippen molar-refractivity contribution in [2.45, 2.75) is 58.7 Å². The Hall–Kier alpha value is -0.800. The van der Waals surface area contributed by atoms with Crippen LogP contribution < -0.4 is 5.32 Å². The highest BCUT2D eigenvalue weighted by Gasteiger charge is 2.21. The fourth-order valence-electron chi connectivity index (χ4n) is 2.16. The number of nitrogens with one attached hydrogen (secondary N) is 1. The molecule has 1 N–H and O–H groups in total. The largest absolute Gasteiger partial charge is 0.468 e. The van der Waals surface area contributed by atoms with Gasteiger partial charge in [-0.3, -0.25) is 4.90 Å². The minimum Gasteiger partial charge on any atom is -0.468 e. The summed E-state index contributed by atoms with van der Waals surface area (Å²) in [5.41, 5.74) is 1.35. The van der Waals surface area contributed by atoms with Crippen molar-refractivity contribution in [1.29, 1.82) is 0 Å². The molecule has 1 fully saturated rings. The zero-order valence-corrected chi connectivity index (χ0v) is 11.7. The Bertz CT molecular complexity index is 344. The first-order valence-corrected chi connectivity index (χ1v) is 7.34. The van der Waals surface area contributed by atoms with Crippen LogP contribution in [-0.2, 0) is 13.1 Å². The van der Waals surface area contributed by atoms with Gasteiger partial charge in [0.25, 0.3) is 0 Å². The lowest BCUT2D eigenvalue weighted by Gasteiger charge is -2.19. The summed E-state index contributed by atoms with van der Waals surface area (Å²) in [7, 11) is 0. The van der Waals surface area contributed by atoms with Crippen LogP contribution in [0.5, 0.6) is 0 Å². The molecule has 1 aliphatic carbocycles. The quantitative estimate of drug-likeness (QED) is 0.730. The van der Waals surface area contributed by atoms with Gasteiger partial charge in [0.1, 0.15) is 5.76 Å². The Labute approximate surface area is 111 Å². The summed E-state index contributed by atoms with van der Waals surface area (Å²) < 4.78 is 5.60. The number of hydrogen-bond donors (Lipinski definition) is 1. The van der Waals surface area contributed by atoms with E-state index in [4.69, 9.17) is 4.42 Å². The average molecular weight is 250 g/mol. The molecule has 1 aromatic rings. The van der Waals surface area contributed by atoms with Crippen LogP contribution in [0.1, 0.15) is 50.9 Å². The predicted molar refractivity (Wildman–Crippen MR) is 74.4 cm³/mol. The van der Waals surface area contributed by atoms with E-state index < -0.39 is 0 Å². The van der Waals surface area contributed by atoms with Crippen LogP contribution in [0, 0.1) is 0 Å². The first-order valence-electron chi connectivity index (χ1n) is 7.34. The summed E-state index contributed by atoms with van der Waals surface area (Å²) in [5.74, 6) is 1.12. The Morgan fingerprint density at radius 2 is 2.22 bits per heavy atom. The SMILES string of the molecule is CCCCN(CC)Cc1ccoc1CNC1CC1. The molecule has 1 aliphatic rings. The summed E-state index contributed by atoms with van der Waals surface area (Å²) in [5, 5.41) is 3.52. The molecular weight excluding hydrogens is 224 g/mol. The van der Waals surface area contributed by atoms with Gasteiger partial charge < -0.3 is 9.73 Å². The molecule has 3 heteroatoms. The van der Waals surface area contributed by atoms with Crippen molar-refractivity contribution in [2.24, 2.45) is 0 Å². The fourth-order valence-corrected chi connectivity index (χ4v) is 2.16. The van der Waals surface area contributed by atoms with Crippen LogP contribution >= 0.6 is 0 Å². The predicted octanol–water partition coefficient (Wildman–Crippen LogP) is 3.15. The highest BCUT2D eigenvalue weighted by atomic mass is 16.3. The van der Waals surface area contributed by atoms with Gasteiger partial charge in [-0.05, 0) is 38.4 Å².